The molecule has 0 aromatic heterocycles. The molecule has 2 N–H and O–H groups in total. The Balaban J connectivity index is 2.62. The second-order valence-electron chi connectivity index (χ2n) is 5.87. The van der Waals surface area contributed by atoms with E-state index in [0.717, 1.165) is 24.8 Å². The highest BCUT2D eigenvalue weighted by atomic mass is 32.2. The zero-order valence-electron chi connectivity index (χ0n) is 13.5. The quantitative estimate of drug-likeness (QED) is 0.689. The summed E-state index contributed by atoms with van der Waals surface area (Å²) in [5, 5.41) is 3.12. The molecule has 0 spiro atoms. The summed E-state index contributed by atoms with van der Waals surface area (Å²) in [7, 11) is -1.54. The SMILES string of the molecule is CNC(C)c1cccc(S(=O)(=O)NCCCCC(C)C)c1. The van der Waals surface area contributed by atoms with Gasteiger partial charge in [-0.2, -0.15) is 0 Å². The lowest BCUT2D eigenvalue weighted by Gasteiger charge is -2.13. The summed E-state index contributed by atoms with van der Waals surface area (Å²) in [6, 6.07) is 7.23. The molecule has 0 heterocycles. The molecule has 5 heteroatoms. The van der Waals surface area contributed by atoms with Gasteiger partial charge in [0.1, 0.15) is 0 Å². The van der Waals surface area contributed by atoms with E-state index >= 15 is 0 Å². The van der Waals surface area contributed by atoms with Gasteiger partial charge in [0.2, 0.25) is 10.0 Å². The molecule has 1 unspecified atom stereocenters. The van der Waals surface area contributed by atoms with E-state index in [2.05, 4.69) is 23.9 Å². The maximum Gasteiger partial charge on any atom is 0.240 e. The van der Waals surface area contributed by atoms with Crippen LogP contribution in [0, 0.1) is 5.92 Å². The molecular weight excluding hydrogens is 284 g/mol. The molecule has 0 aliphatic rings. The summed E-state index contributed by atoms with van der Waals surface area (Å²) in [5.41, 5.74) is 0.972. The largest absolute Gasteiger partial charge is 0.313 e. The van der Waals surface area contributed by atoms with Crippen LogP contribution in [0.5, 0.6) is 0 Å². The number of sulfonamides is 1. The smallest absolute Gasteiger partial charge is 0.240 e. The topological polar surface area (TPSA) is 58.2 Å². The van der Waals surface area contributed by atoms with E-state index in [0.29, 0.717) is 17.4 Å². The predicted molar refractivity (Wildman–Crippen MR) is 87.8 cm³/mol. The Kier molecular flexibility index (Phi) is 7.35. The van der Waals surface area contributed by atoms with Crippen LogP contribution in [0.4, 0.5) is 0 Å². The summed E-state index contributed by atoms with van der Waals surface area (Å²) in [6.45, 7) is 6.86. The molecule has 21 heavy (non-hydrogen) atoms. The van der Waals surface area contributed by atoms with Crippen molar-refractivity contribution in [1.82, 2.24) is 10.0 Å². The Hall–Kier alpha value is -0.910. The van der Waals surface area contributed by atoms with Gasteiger partial charge >= 0.3 is 0 Å². The van der Waals surface area contributed by atoms with Crippen molar-refractivity contribution < 1.29 is 8.42 Å². The molecule has 0 aliphatic carbocycles. The highest BCUT2D eigenvalue weighted by molar-refractivity contribution is 7.89. The van der Waals surface area contributed by atoms with Crippen molar-refractivity contribution in [2.45, 2.75) is 51.0 Å². The van der Waals surface area contributed by atoms with Crippen LogP contribution in [0.3, 0.4) is 0 Å². The summed E-state index contributed by atoms with van der Waals surface area (Å²) in [4.78, 5) is 0.339. The van der Waals surface area contributed by atoms with Gasteiger partial charge < -0.3 is 5.32 Å². The van der Waals surface area contributed by atoms with E-state index in [1.54, 1.807) is 18.2 Å². The number of hydrogen-bond donors (Lipinski definition) is 2. The number of unbranched alkanes of at least 4 members (excludes halogenated alkanes) is 1. The Morgan fingerprint density at radius 2 is 1.86 bits per heavy atom. The molecule has 0 bridgehead atoms. The average molecular weight is 312 g/mol. The highest BCUT2D eigenvalue weighted by Gasteiger charge is 2.14. The Labute approximate surface area is 129 Å². The summed E-state index contributed by atoms with van der Waals surface area (Å²) in [5.74, 6) is 0.668. The number of benzene rings is 1. The van der Waals surface area contributed by atoms with Gasteiger partial charge in [0, 0.05) is 12.6 Å². The summed E-state index contributed by atoms with van der Waals surface area (Å²) < 4.78 is 27.2. The maximum atomic E-state index is 12.3. The van der Waals surface area contributed by atoms with Crippen LogP contribution in [0.2, 0.25) is 0 Å². The van der Waals surface area contributed by atoms with Crippen molar-refractivity contribution in [3.05, 3.63) is 29.8 Å². The Morgan fingerprint density at radius 1 is 1.14 bits per heavy atom. The van der Waals surface area contributed by atoms with E-state index in [9.17, 15) is 8.42 Å². The van der Waals surface area contributed by atoms with Crippen LogP contribution in [-0.2, 0) is 10.0 Å². The molecule has 0 saturated carbocycles. The first-order chi connectivity index (χ1) is 9.86. The Morgan fingerprint density at radius 3 is 2.48 bits per heavy atom. The molecule has 0 fully saturated rings. The third-order valence-corrected chi connectivity index (χ3v) is 5.06. The predicted octanol–water partition coefficient (Wildman–Crippen LogP) is 3.07. The first-order valence-corrected chi connectivity index (χ1v) is 9.12. The minimum Gasteiger partial charge on any atom is -0.313 e. The van der Waals surface area contributed by atoms with Gasteiger partial charge in [-0.3, -0.25) is 0 Å². The van der Waals surface area contributed by atoms with Crippen molar-refractivity contribution in [1.29, 1.82) is 0 Å². The third kappa shape index (κ3) is 6.16. The van der Waals surface area contributed by atoms with E-state index < -0.39 is 10.0 Å². The van der Waals surface area contributed by atoms with E-state index in [4.69, 9.17) is 0 Å². The molecule has 4 nitrogen and oxygen atoms in total. The number of rotatable bonds is 9. The maximum absolute atomic E-state index is 12.3. The molecule has 1 aromatic carbocycles. The van der Waals surface area contributed by atoms with Crippen molar-refractivity contribution in [2.24, 2.45) is 5.92 Å². The van der Waals surface area contributed by atoms with Gasteiger partial charge in [-0.15, -0.1) is 0 Å². The molecule has 0 radical (unpaired) electrons. The van der Waals surface area contributed by atoms with Crippen LogP contribution in [0.15, 0.2) is 29.2 Å². The number of nitrogens with one attached hydrogen (secondary N) is 2. The minimum absolute atomic E-state index is 0.131. The van der Waals surface area contributed by atoms with Crippen molar-refractivity contribution in [3.63, 3.8) is 0 Å². The zero-order valence-corrected chi connectivity index (χ0v) is 14.3. The molecule has 120 valence electrons. The average Bonchev–Trinajstić information content (AvgIpc) is 2.45. The fourth-order valence-electron chi connectivity index (χ4n) is 2.09. The van der Waals surface area contributed by atoms with E-state index in [1.165, 1.54) is 0 Å². The van der Waals surface area contributed by atoms with Gasteiger partial charge in [-0.1, -0.05) is 38.8 Å². The molecule has 1 aromatic rings. The summed E-state index contributed by atoms with van der Waals surface area (Å²) >= 11 is 0. The van der Waals surface area contributed by atoms with E-state index in [-0.39, 0.29) is 6.04 Å². The molecule has 1 atom stereocenters. The van der Waals surface area contributed by atoms with Crippen molar-refractivity contribution >= 4 is 10.0 Å². The molecule has 0 aliphatic heterocycles. The second-order valence-corrected chi connectivity index (χ2v) is 7.64. The first kappa shape index (κ1) is 18.1. The van der Waals surface area contributed by atoms with E-state index in [1.807, 2.05) is 20.0 Å². The van der Waals surface area contributed by atoms with Crippen LogP contribution in [-0.4, -0.2) is 22.0 Å². The standard InChI is InChI=1S/C16H28N2O2S/c1-13(2)8-5-6-11-18-21(19,20)16-10-7-9-15(12-16)14(3)17-4/h7,9-10,12-14,17-18H,5-6,8,11H2,1-4H3. The number of hydrogen-bond acceptors (Lipinski definition) is 3. The second kappa shape index (κ2) is 8.51. The van der Waals surface area contributed by atoms with Gasteiger partial charge in [-0.05, 0) is 44.0 Å². The third-order valence-electron chi connectivity index (χ3n) is 3.60. The monoisotopic (exact) mass is 312 g/mol. The molecular formula is C16H28N2O2S. The zero-order chi connectivity index (χ0) is 15.9. The van der Waals surface area contributed by atoms with Gasteiger partial charge in [0.25, 0.3) is 0 Å². The normalized spacial score (nSPS) is 13.6. The minimum atomic E-state index is -3.40. The lowest BCUT2D eigenvalue weighted by atomic mass is 10.1. The lowest BCUT2D eigenvalue weighted by molar-refractivity contribution is 0.530. The van der Waals surface area contributed by atoms with Gasteiger partial charge in [-0.25, -0.2) is 13.1 Å². The van der Waals surface area contributed by atoms with Crippen LogP contribution in [0.1, 0.15) is 51.6 Å². The fraction of sp³-hybridized carbons (Fsp3) is 0.625. The molecule has 0 saturated heterocycles. The highest BCUT2D eigenvalue weighted by Crippen LogP contribution is 2.17. The van der Waals surface area contributed by atoms with Crippen LogP contribution in [0.25, 0.3) is 0 Å². The van der Waals surface area contributed by atoms with Crippen molar-refractivity contribution in [2.75, 3.05) is 13.6 Å². The Bertz CT molecular complexity index is 527. The van der Waals surface area contributed by atoms with Gasteiger partial charge in [0.15, 0.2) is 0 Å². The van der Waals surface area contributed by atoms with Crippen molar-refractivity contribution in [3.8, 4) is 0 Å². The fourth-order valence-corrected chi connectivity index (χ4v) is 3.21. The van der Waals surface area contributed by atoms with Crippen LogP contribution < -0.4 is 10.0 Å². The molecule has 1 rings (SSSR count). The molecule has 0 amide bonds. The van der Waals surface area contributed by atoms with Crippen LogP contribution >= 0.6 is 0 Å². The lowest BCUT2D eigenvalue weighted by Crippen LogP contribution is -2.25. The van der Waals surface area contributed by atoms with Gasteiger partial charge in [0.05, 0.1) is 4.90 Å². The first-order valence-electron chi connectivity index (χ1n) is 7.63. The summed E-state index contributed by atoms with van der Waals surface area (Å²) in [6.07, 6.45) is 3.07.